The number of benzene rings is 1. The number of pyridine rings is 1. The van der Waals surface area contributed by atoms with Crippen LogP contribution in [0.2, 0.25) is 0 Å². The Labute approximate surface area is 179 Å². The molecule has 0 aliphatic heterocycles. The van der Waals surface area contributed by atoms with Crippen molar-refractivity contribution in [1.82, 2.24) is 4.98 Å². The second-order valence-electron chi connectivity index (χ2n) is 7.90. The third-order valence-electron chi connectivity index (χ3n) is 5.87. The van der Waals surface area contributed by atoms with E-state index in [-0.39, 0.29) is 30.4 Å². The first-order chi connectivity index (χ1) is 14.8. The van der Waals surface area contributed by atoms with Gasteiger partial charge in [0.2, 0.25) is 0 Å². The first-order valence-electron chi connectivity index (χ1n) is 10.6. The molecule has 0 amide bonds. The molecule has 7 heteroatoms. The Hall–Kier alpha value is -2.70. The van der Waals surface area contributed by atoms with Gasteiger partial charge in [-0.1, -0.05) is 30.3 Å². The molecule has 1 saturated carbocycles. The van der Waals surface area contributed by atoms with E-state index in [1.54, 1.807) is 6.92 Å². The van der Waals surface area contributed by atoms with Gasteiger partial charge in [0.05, 0.1) is 12.2 Å². The summed E-state index contributed by atoms with van der Waals surface area (Å²) in [6.07, 6.45) is -0.711. The molecule has 1 fully saturated rings. The Bertz CT molecular complexity index is 890. The molecule has 0 saturated heterocycles. The van der Waals surface area contributed by atoms with Crippen molar-refractivity contribution in [3.63, 3.8) is 0 Å². The Kier molecular flexibility index (Phi) is 7.46. The van der Waals surface area contributed by atoms with Crippen LogP contribution in [0.4, 0.5) is 13.2 Å². The third kappa shape index (κ3) is 5.93. The summed E-state index contributed by atoms with van der Waals surface area (Å²) in [6, 6.07) is 11.9. The van der Waals surface area contributed by atoms with Crippen molar-refractivity contribution in [3.05, 3.63) is 65.5 Å². The highest BCUT2D eigenvalue weighted by atomic mass is 19.4. The summed E-state index contributed by atoms with van der Waals surface area (Å²) in [7, 11) is 0. The SMILES string of the molecule is CCOC(=O)C(Cc1cc(C(F)(F)F)ccn1)C(=O)[C@H]1CC[C@H](c2ccccc2)CC1. The van der Waals surface area contributed by atoms with Gasteiger partial charge in [0.15, 0.2) is 5.78 Å². The van der Waals surface area contributed by atoms with Crippen LogP contribution >= 0.6 is 0 Å². The van der Waals surface area contributed by atoms with E-state index in [9.17, 15) is 22.8 Å². The second-order valence-corrected chi connectivity index (χ2v) is 7.90. The molecule has 4 nitrogen and oxygen atoms in total. The maximum absolute atomic E-state index is 13.2. The van der Waals surface area contributed by atoms with E-state index in [0.29, 0.717) is 18.8 Å². The standard InChI is InChI=1S/C24H26F3NO3/c1-2-31-23(30)21(15-20-14-19(12-13-28-20)24(25,26)27)22(29)18-10-8-17(9-11-18)16-6-4-3-5-7-16/h3-7,12-14,17-18,21H,2,8-11,15H2,1H3/t17-,18-,21?. The van der Waals surface area contributed by atoms with Gasteiger partial charge in [-0.3, -0.25) is 14.6 Å². The normalized spacial score (nSPS) is 20.1. The van der Waals surface area contributed by atoms with Crippen molar-refractivity contribution in [3.8, 4) is 0 Å². The highest BCUT2D eigenvalue weighted by Gasteiger charge is 2.37. The molecule has 2 aromatic rings. The fourth-order valence-electron chi connectivity index (χ4n) is 4.24. The van der Waals surface area contributed by atoms with Crippen molar-refractivity contribution in [2.75, 3.05) is 6.61 Å². The fraction of sp³-hybridized carbons (Fsp3) is 0.458. The number of Topliss-reactive ketones (excluding diaryl/α,β-unsaturated/α-hetero) is 1. The van der Waals surface area contributed by atoms with Crippen molar-refractivity contribution >= 4 is 11.8 Å². The van der Waals surface area contributed by atoms with Crippen molar-refractivity contribution < 1.29 is 27.5 Å². The molecule has 0 spiro atoms. The first-order valence-corrected chi connectivity index (χ1v) is 10.6. The average Bonchev–Trinajstić information content (AvgIpc) is 2.77. The minimum atomic E-state index is -4.52. The summed E-state index contributed by atoms with van der Waals surface area (Å²) in [4.78, 5) is 29.7. The number of carbonyl (C=O) groups excluding carboxylic acids is 2. The number of esters is 1. The minimum Gasteiger partial charge on any atom is -0.465 e. The van der Waals surface area contributed by atoms with Gasteiger partial charge in [-0.05, 0) is 56.2 Å². The van der Waals surface area contributed by atoms with E-state index in [1.807, 2.05) is 18.2 Å². The summed E-state index contributed by atoms with van der Waals surface area (Å²) < 4.78 is 44.1. The van der Waals surface area contributed by atoms with E-state index in [1.165, 1.54) is 5.56 Å². The van der Waals surface area contributed by atoms with E-state index < -0.39 is 23.6 Å². The minimum absolute atomic E-state index is 0.0548. The Balaban J connectivity index is 1.72. The molecule has 1 aliphatic carbocycles. The lowest BCUT2D eigenvalue weighted by Crippen LogP contribution is -2.35. The summed E-state index contributed by atoms with van der Waals surface area (Å²) in [5, 5.41) is 0. The molecule has 1 aromatic carbocycles. The number of nitrogens with zero attached hydrogens (tertiary/aromatic N) is 1. The molecule has 0 bridgehead atoms. The summed E-state index contributed by atoms with van der Waals surface area (Å²) in [6.45, 7) is 1.73. The van der Waals surface area contributed by atoms with Gasteiger partial charge >= 0.3 is 12.1 Å². The maximum Gasteiger partial charge on any atom is 0.416 e. The van der Waals surface area contributed by atoms with Gasteiger partial charge in [-0.25, -0.2) is 0 Å². The van der Waals surface area contributed by atoms with Crippen molar-refractivity contribution in [2.45, 2.75) is 51.1 Å². The number of rotatable bonds is 7. The number of ether oxygens (including phenoxy) is 1. The van der Waals surface area contributed by atoms with Crippen LogP contribution < -0.4 is 0 Å². The molecule has 1 aromatic heterocycles. The van der Waals surface area contributed by atoms with E-state index in [2.05, 4.69) is 17.1 Å². The van der Waals surface area contributed by atoms with Gasteiger partial charge < -0.3 is 4.74 Å². The first kappa shape index (κ1) is 23.0. The summed E-state index contributed by atoms with van der Waals surface area (Å²) >= 11 is 0. The largest absolute Gasteiger partial charge is 0.465 e. The van der Waals surface area contributed by atoms with E-state index in [0.717, 1.165) is 31.2 Å². The van der Waals surface area contributed by atoms with Gasteiger partial charge in [0.25, 0.3) is 0 Å². The van der Waals surface area contributed by atoms with Gasteiger partial charge in [0.1, 0.15) is 5.92 Å². The quantitative estimate of drug-likeness (QED) is 0.435. The molecule has 3 rings (SSSR count). The molecular weight excluding hydrogens is 407 g/mol. The van der Waals surface area contributed by atoms with E-state index >= 15 is 0 Å². The zero-order valence-corrected chi connectivity index (χ0v) is 17.4. The highest BCUT2D eigenvalue weighted by molar-refractivity contribution is 6.00. The lowest BCUT2D eigenvalue weighted by molar-refractivity contribution is -0.153. The molecular formula is C24H26F3NO3. The van der Waals surface area contributed by atoms with Crippen LogP contribution in [0, 0.1) is 11.8 Å². The van der Waals surface area contributed by atoms with Crippen LogP contribution in [0.15, 0.2) is 48.7 Å². The zero-order valence-electron chi connectivity index (χ0n) is 17.4. The number of carbonyl (C=O) groups is 2. The van der Waals surface area contributed by atoms with Crippen LogP contribution in [-0.4, -0.2) is 23.3 Å². The Morgan fingerprint density at radius 2 is 1.77 bits per heavy atom. The molecule has 166 valence electrons. The number of alkyl halides is 3. The molecule has 1 aliphatic rings. The molecule has 31 heavy (non-hydrogen) atoms. The predicted octanol–water partition coefficient (Wildman–Crippen LogP) is 5.37. The maximum atomic E-state index is 13.2. The van der Waals surface area contributed by atoms with Gasteiger partial charge in [-0.2, -0.15) is 13.2 Å². The van der Waals surface area contributed by atoms with Gasteiger partial charge in [-0.15, -0.1) is 0 Å². The lowest BCUT2D eigenvalue weighted by atomic mass is 9.74. The van der Waals surface area contributed by atoms with Crippen LogP contribution in [0.5, 0.6) is 0 Å². The monoisotopic (exact) mass is 433 g/mol. The van der Waals surface area contributed by atoms with Crippen LogP contribution in [-0.2, 0) is 26.9 Å². The van der Waals surface area contributed by atoms with Crippen molar-refractivity contribution in [2.24, 2.45) is 11.8 Å². The second kappa shape index (κ2) is 10.1. The summed E-state index contributed by atoms with van der Waals surface area (Å²) in [5.74, 6) is -2.04. The lowest BCUT2D eigenvalue weighted by Gasteiger charge is -2.29. The van der Waals surface area contributed by atoms with Crippen molar-refractivity contribution in [1.29, 1.82) is 0 Å². The number of ketones is 1. The zero-order chi connectivity index (χ0) is 22.4. The number of halogens is 3. The number of hydrogen-bond donors (Lipinski definition) is 0. The fourth-order valence-corrected chi connectivity index (χ4v) is 4.24. The Morgan fingerprint density at radius 1 is 1.10 bits per heavy atom. The van der Waals surface area contributed by atoms with E-state index in [4.69, 9.17) is 4.74 Å². The number of aromatic nitrogens is 1. The third-order valence-corrected chi connectivity index (χ3v) is 5.87. The summed E-state index contributed by atoms with van der Waals surface area (Å²) in [5.41, 5.74) is 0.443. The molecule has 1 heterocycles. The van der Waals surface area contributed by atoms with Crippen LogP contribution in [0.3, 0.4) is 0 Å². The smallest absolute Gasteiger partial charge is 0.416 e. The molecule has 0 radical (unpaired) electrons. The van der Waals surface area contributed by atoms with Crippen LogP contribution in [0.1, 0.15) is 55.3 Å². The number of hydrogen-bond acceptors (Lipinski definition) is 4. The average molecular weight is 433 g/mol. The topological polar surface area (TPSA) is 56.3 Å². The van der Waals surface area contributed by atoms with Gasteiger partial charge in [0, 0.05) is 24.2 Å². The molecule has 1 unspecified atom stereocenters. The predicted molar refractivity (Wildman–Crippen MR) is 109 cm³/mol. The van der Waals surface area contributed by atoms with Crippen LogP contribution in [0.25, 0.3) is 0 Å². The molecule has 0 N–H and O–H groups in total. The highest BCUT2D eigenvalue weighted by Crippen LogP contribution is 2.37. The molecule has 1 atom stereocenters. The Morgan fingerprint density at radius 3 is 2.39 bits per heavy atom.